The molecule has 1 aromatic carbocycles. The number of alkyl halides is 3. The van der Waals surface area contributed by atoms with Crippen LogP contribution in [0.4, 0.5) is 13.2 Å². The second-order valence-corrected chi connectivity index (χ2v) is 3.99. The first-order chi connectivity index (χ1) is 7.41. The Balaban J connectivity index is 2.64. The van der Waals surface area contributed by atoms with Crippen LogP contribution in [0.1, 0.15) is 23.6 Å². The van der Waals surface area contributed by atoms with Crippen LogP contribution in [-0.4, -0.2) is 6.61 Å². The van der Waals surface area contributed by atoms with Gasteiger partial charge >= 0.3 is 6.18 Å². The van der Waals surface area contributed by atoms with Crippen LogP contribution in [0.5, 0.6) is 5.75 Å². The summed E-state index contributed by atoms with van der Waals surface area (Å²) in [4.78, 5) is 0. The molecule has 88 valence electrons. The van der Waals surface area contributed by atoms with Gasteiger partial charge in [-0.25, -0.2) is 0 Å². The lowest BCUT2D eigenvalue weighted by atomic mass is 9.95. The van der Waals surface area contributed by atoms with Crippen molar-refractivity contribution < 1.29 is 17.9 Å². The van der Waals surface area contributed by atoms with Crippen LogP contribution in [0, 0.1) is 0 Å². The minimum atomic E-state index is -4.44. The minimum absolute atomic E-state index is 0.0359. The molecule has 1 heterocycles. The van der Waals surface area contributed by atoms with Gasteiger partial charge in [-0.2, -0.15) is 13.2 Å². The fraction of sp³-hybridized carbons (Fsp3) is 0.400. The molecule has 2 rings (SSSR count). The van der Waals surface area contributed by atoms with Crippen LogP contribution in [0.3, 0.4) is 0 Å². The number of rotatable bonds is 0. The fourth-order valence-electron chi connectivity index (χ4n) is 1.77. The average molecular weight is 252 g/mol. The second-order valence-electron chi connectivity index (χ2n) is 3.58. The monoisotopic (exact) mass is 251 g/mol. The summed E-state index contributed by atoms with van der Waals surface area (Å²) < 4.78 is 43.3. The van der Waals surface area contributed by atoms with Crippen LogP contribution in [0.15, 0.2) is 12.1 Å². The average Bonchev–Trinajstić information content (AvgIpc) is 2.18. The van der Waals surface area contributed by atoms with Crippen LogP contribution < -0.4 is 10.5 Å². The second kappa shape index (κ2) is 3.82. The summed E-state index contributed by atoms with van der Waals surface area (Å²) in [5.41, 5.74) is 4.87. The van der Waals surface area contributed by atoms with Crippen molar-refractivity contribution in [1.29, 1.82) is 0 Å². The molecule has 2 nitrogen and oxygen atoms in total. The Hall–Kier alpha value is -0.940. The van der Waals surface area contributed by atoms with E-state index in [9.17, 15) is 13.2 Å². The van der Waals surface area contributed by atoms with Crippen LogP contribution >= 0.6 is 11.6 Å². The van der Waals surface area contributed by atoms with Gasteiger partial charge in [0.25, 0.3) is 0 Å². The van der Waals surface area contributed by atoms with Crippen molar-refractivity contribution in [3.63, 3.8) is 0 Å². The Kier molecular flexibility index (Phi) is 2.75. The fourth-order valence-corrected chi connectivity index (χ4v) is 1.99. The molecule has 6 heteroatoms. The van der Waals surface area contributed by atoms with Crippen molar-refractivity contribution >= 4 is 11.6 Å². The molecule has 0 spiro atoms. The summed E-state index contributed by atoms with van der Waals surface area (Å²) in [6, 6.07) is 1.44. The summed E-state index contributed by atoms with van der Waals surface area (Å²) in [7, 11) is 0. The maximum atomic E-state index is 12.7. The molecule has 0 unspecified atom stereocenters. The van der Waals surface area contributed by atoms with Crippen molar-refractivity contribution in [2.45, 2.75) is 18.6 Å². The number of hydrogen-bond acceptors (Lipinski definition) is 2. The van der Waals surface area contributed by atoms with E-state index >= 15 is 0 Å². The first-order valence-corrected chi connectivity index (χ1v) is 5.07. The van der Waals surface area contributed by atoms with Gasteiger partial charge in [0.1, 0.15) is 5.75 Å². The maximum Gasteiger partial charge on any atom is 0.416 e. The number of hydrogen-bond donors (Lipinski definition) is 1. The SMILES string of the molecule is N[C@@H]1CCOc2c(Cl)ccc(C(F)(F)F)c21. The number of fused-ring (bicyclic) bond motifs is 1. The third-order valence-corrected chi connectivity index (χ3v) is 2.80. The van der Waals surface area contributed by atoms with Gasteiger partial charge < -0.3 is 10.5 Å². The predicted molar refractivity (Wildman–Crippen MR) is 53.5 cm³/mol. The number of nitrogens with two attached hydrogens (primary N) is 1. The van der Waals surface area contributed by atoms with Gasteiger partial charge in [-0.05, 0) is 12.1 Å². The van der Waals surface area contributed by atoms with E-state index in [0.717, 1.165) is 6.07 Å². The van der Waals surface area contributed by atoms with E-state index < -0.39 is 17.8 Å². The van der Waals surface area contributed by atoms with E-state index in [1.54, 1.807) is 0 Å². The molecule has 1 aliphatic rings. The van der Waals surface area contributed by atoms with Gasteiger partial charge in [0.2, 0.25) is 0 Å². The summed E-state index contributed by atoms with van der Waals surface area (Å²) in [5, 5.41) is 0.165. The van der Waals surface area contributed by atoms with Gasteiger partial charge in [0.15, 0.2) is 0 Å². The highest BCUT2D eigenvalue weighted by Gasteiger charge is 2.38. The molecular weight excluding hydrogens is 243 g/mol. The normalized spacial score (nSPS) is 20.2. The van der Waals surface area contributed by atoms with E-state index in [0.29, 0.717) is 6.42 Å². The predicted octanol–water partition coefficient (Wildman–Crippen LogP) is 3.14. The van der Waals surface area contributed by atoms with Crippen LogP contribution in [0.2, 0.25) is 5.02 Å². The lowest BCUT2D eigenvalue weighted by molar-refractivity contribution is -0.138. The Morgan fingerprint density at radius 2 is 2.06 bits per heavy atom. The van der Waals surface area contributed by atoms with E-state index in [1.165, 1.54) is 6.07 Å². The highest BCUT2D eigenvalue weighted by molar-refractivity contribution is 6.32. The van der Waals surface area contributed by atoms with E-state index in [4.69, 9.17) is 22.1 Å². The third-order valence-electron chi connectivity index (χ3n) is 2.50. The molecule has 0 saturated carbocycles. The first-order valence-electron chi connectivity index (χ1n) is 4.69. The Morgan fingerprint density at radius 1 is 1.38 bits per heavy atom. The van der Waals surface area contributed by atoms with Gasteiger partial charge in [-0.3, -0.25) is 0 Å². The lowest BCUT2D eigenvalue weighted by Gasteiger charge is -2.27. The third kappa shape index (κ3) is 1.85. The van der Waals surface area contributed by atoms with Gasteiger partial charge in [-0.15, -0.1) is 0 Å². The summed E-state index contributed by atoms with van der Waals surface area (Å²) in [5.74, 6) is 0.0650. The zero-order valence-corrected chi connectivity index (χ0v) is 8.90. The van der Waals surface area contributed by atoms with Crippen molar-refractivity contribution in [3.05, 3.63) is 28.3 Å². The van der Waals surface area contributed by atoms with Crippen LogP contribution in [0.25, 0.3) is 0 Å². The zero-order chi connectivity index (χ0) is 11.9. The topological polar surface area (TPSA) is 35.2 Å². The quantitative estimate of drug-likeness (QED) is 0.769. The molecule has 0 radical (unpaired) electrons. The zero-order valence-electron chi connectivity index (χ0n) is 8.14. The molecule has 1 atom stereocenters. The summed E-state index contributed by atoms with van der Waals surface area (Å²) in [6.07, 6.45) is -4.08. The largest absolute Gasteiger partial charge is 0.492 e. The van der Waals surface area contributed by atoms with Gasteiger partial charge in [0.05, 0.1) is 17.2 Å². The van der Waals surface area contributed by atoms with E-state index in [1.807, 2.05) is 0 Å². The highest BCUT2D eigenvalue weighted by atomic mass is 35.5. The Labute approximate surface area is 95.1 Å². The summed E-state index contributed by atoms with van der Waals surface area (Å²) in [6.45, 7) is 0.287. The van der Waals surface area contributed by atoms with Crippen molar-refractivity contribution in [1.82, 2.24) is 0 Å². The van der Waals surface area contributed by atoms with Crippen molar-refractivity contribution in [2.75, 3.05) is 6.61 Å². The van der Waals surface area contributed by atoms with E-state index in [2.05, 4.69) is 0 Å². The molecule has 0 bridgehead atoms. The van der Waals surface area contributed by atoms with Crippen molar-refractivity contribution in [2.24, 2.45) is 5.73 Å². The first kappa shape index (κ1) is 11.5. The number of benzene rings is 1. The molecule has 16 heavy (non-hydrogen) atoms. The smallest absolute Gasteiger partial charge is 0.416 e. The number of halogens is 4. The molecule has 2 N–H and O–H groups in total. The molecule has 0 amide bonds. The standard InChI is InChI=1S/C10H9ClF3NO/c11-6-2-1-5(10(12,13)14)8-7(15)3-4-16-9(6)8/h1-2,7H,3-4,15H2/t7-/m1/s1. The Morgan fingerprint density at radius 3 is 2.69 bits per heavy atom. The Bertz CT molecular complexity index is 419. The highest BCUT2D eigenvalue weighted by Crippen LogP contribution is 2.44. The molecule has 0 aliphatic carbocycles. The van der Waals surface area contributed by atoms with Crippen molar-refractivity contribution in [3.8, 4) is 5.75 Å². The van der Waals surface area contributed by atoms with E-state index in [-0.39, 0.29) is 22.9 Å². The maximum absolute atomic E-state index is 12.7. The van der Waals surface area contributed by atoms with Gasteiger partial charge in [-0.1, -0.05) is 11.6 Å². The number of ether oxygens (including phenoxy) is 1. The van der Waals surface area contributed by atoms with Gasteiger partial charge in [0, 0.05) is 18.0 Å². The molecule has 0 aromatic heterocycles. The van der Waals surface area contributed by atoms with Crippen LogP contribution in [-0.2, 0) is 6.18 Å². The molecule has 1 aliphatic heterocycles. The lowest BCUT2D eigenvalue weighted by Crippen LogP contribution is -2.25. The summed E-state index contributed by atoms with van der Waals surface area (Å²) >= 11 is 5.78. The molecule has 0 fully saturated rings. The molecule has 1 aromatic rings. The molecule has 0 saturated heterocycles. The molecular formula is C10H9ClF3NO. The minimum Gasteiger partial charge on any atom is -0.492 e.